The molecule has 186 valence electrons. The molecular formula is C26H32F3NO4. The number of aryl methyl sites for hydroxylation is 2. The van der Waals surface area contributed by atoms with Crippen molar-refractivity contribution in [2.45, 2.75) is 39.8 Å². The van der Waals surface area contributed by atoms with Crippen LogP contribution in [0.25, 0.3) is 0 Å². The Kier molecular flexibility index (Phi) is 10.9. The van der Waals surface area contributed by atoms with Crippen molar-refractivity contribution >= 4 is 5.71 Å². The maximum absolute atomic E-state index is 13.0. The lowest BCUT2D eigenvalue weighted by molar-refractivity contribution is -0.0608. The molecule has 0 radical (unpaired) electrons. The summed E-state index contributed by atoms with van der Waals surface area (Å²) in [6.07, 6.45) is 0.631. The van der Waals surface area contributed by atoms with Gasteiger partial charge in [-0.05, 0) is 56.0 Å². The minimum absolute atomic E-state index is 0.0425. The van der Waals surface area contributed by atoms with Crippen LogP contribution in [0.4, 0.5) is 13.2 Å². The van der Waals surface area contributed by atoms with Crippen molar-refractivity contribution in [2.75, 3.05) is 33.5 Å². The highest BCUT2D eigenvalue weighted by Crippen LogP contribution is 2.28. The van der Waals surface area contributed by atoms with Gasteiger partial charge in [-0.3, -0.25) is 0 Å². The topological polar surface area (TPSA) is 49.3 Å². The van der Waals surface area contributed by atoms with Crippen LogP contribution < -0.4 is 9.47 Å². The van der Waals surface area contributed by atoms with Crippen molar-refractivity contribution in [1.29, 1.82) is 0 Å². The zero-order chi connectivity index (χ0) is 25.0. The molecule has 5 nitrogen and oxygen atoms in total. The van der Waals surface area contributed by atoms with E-state index in [-0.39, 0.29) is 5.56 Å². The Hall–Kier alpha value is -3.00. The fraction of sp³-hybridized carbons (Fsp3) is 0.423. The summed E-state index contributed by atoms with van der Waals surface area (Å²) in [5.74, 6) is 1.67. The highest BCUT2D eigenvalue weighted by atomic mass is 19.4. The molecule has 0 heterocycles. The zero-order valence-electron chi connectivity index (χ0n) is 20.1. The van der Waals surface area contributed by atoms with Crippen molar-refractivity contribution in [1.82, 2.24) is 0 Å². The van der Waals surface area contributed by atoms with Gasteiger partial charge in [-0.25, -0.2) is 0 Å². The number of benzene rings is 2. The Bertz CT molecular complexity index is 931. The van der Waals surface area contributed by atoms with Crippen LogP contribution in [0.15, 0.2) is 53.7 Å². The third-order valence-electron chi connectivity index (χ3n) is 4.91. The lowest BCUT2D eigenvalue weighted by atomic mass is 10.1. The van der Waals surface area contributed by atoms with E-state index in [4.69, 9.17) is 14.2 Å². The molecule has 0 aromatic heterocycles. The van der Waals surface area contributed by atoms with Crippen LogP contribution in [0, 0.1) is 13.8 Å². The van der Waals surface area contributed by atoms with Crippen molar-refractivity contribution in [3.8, 4) is 11.5 Å². The van der Waals surface area contributed by atoms with E-state index in [1.807, 2.05) is 45.1 Å². The summed E-state index contributed by atoms with van der Waals surface area (Å²) in [4.78, 5) is 4.32. The predicted molar refractivity (Wildman–Crippen MR) is 127 cm³/mol. The Morgan fingerprint density at radius 3 is 2.24 bits per heavy atom. The fourth-order valence-corrected chi connectivity index (χ4v) is 3.28. The van der Waals surface area contributed by atoms with Crippen molar-refractivity contribution in [3.05, 3.63) is 70.8 Å². The molecule has 2 aromatic carbocycles. The number of nitrogens with zero attached hydrogens (tertiary/aromatic N) is 1. The van der Waals surface area contributed by atoms with E-state index in [9.17, 15) is 13.2 Å². The van der Waals surface area contributed by atoms with E-state index < -0.39 is 11.9 Å². The standard InChI is InChI=1S/C26H32F3NO4/c1-5-6-14-33-23-17-19(2)24(20(3)18-23)34-15-7-13-32-16-12-21-8-10-22(11-9-21)25(30-31-4)26(27,28)29/h5-6,8-11,17-18H,7,12-16H2,1-4H3/b6-5+,30-25?. The number of allylic oxidation sites excluding steroid dienone is 1. The first-order valence-corrected chi connectivity index (χ1v) is 11.1. The molecule has 0 unspecified atom stereocenters. The number of rotatable bonds is 13. The maximum Gasteiger partial charge on any atom is 0.437 e. The molecule has 0 N–H and O–H groups in total. The molecule has 0 saturated carbocycles. The molecule has 8 heteroatoms. The molecule has 0 fully saturated rings. The van der Waals surface area contributed by atoms with Crippen LogP contribution in [-0.4, -0.2) is 45.4 Å². The molecule has 0 atom stereocenters. The third-order valence-corrected chi connectivity index (χ3v) is 4.91. The molecule has 0 aliphatic carbocycles. The number of hydrogen-bond acceptors (Lipinski definition) is 5. The Balaban J connectivity index is 1.72. The molecule has 2 rings (SSSR count). The highest BCUT2D eigenvalue weighted by Gasteiger charge is 2.37. The Labute approximate surface area is 199 Å². The number of alkyl halides is 3. The molecule has 0 aliphatic rings. The normalized spacial score (nSPS) is 12.3. The van der Waals surface area contributed by atoms with Gasteiger partial charge >= 0.3 is 6.18 Å². The van der Waals surface area contributed by atoms with Crippen molar-refractivity contribution < 1.29 is 32.2 Å². The van der Waals surface area contributed by atoms with E-state index >= 15 is 0 Å². The lowest BCUT2D eigenvalue weighted by Gasteiger charge is -2.14. The van der Waals surface area contributed by atoms with Gasteiger partial charge in [0.25, 0.3) is 0 Å². The van der Waals surface area contributed by atoms with Gasteiger partial charge in [-0.2, -0.15) is 13.2 Å². The van der Waals surface area contributed by atoms with E-state index in [1.165, 1.54) is 12.1 Å². The molecule has 0 aliphatic heterocycles. The average Bonchev–Trinajstić information content (AvgIpc) is 2.78. The first-order valence-electron chi connectivity index (χ1n) is 11.1. The maximum atomic E-state index is 13.0. The molecule has 2 aromatic rings. The largest absolute Gasteiger partial charge is 0.493 e. The van der Waals surface area contributed by atoms with Gasteiger partial charge in [0.15, 0.2) is 5.71 Å². The first kappa shape index (κ1) is 27.2. The molecule has 0 spiro atoms. The highest BCUT2D eigenvalue weighted by molar-refractivity contribution is 6.04. The summed E-state index contributed by atoms with van der Waals surface area (Å²) in [7, 11) is 1.09. The Morgan fingerprint density at radius 1 is 0.971 bits per heavy atom. The summed E-state index contributed by atoms with van der Waals surface area (Å²) in [6, 6.07) is 9.97. The SMILES string of the molecule is C/C=C/COc1cc(C)c(OCCCOCCc2ccc(C(=NOC)C(F)(F)F)cc2)c(C)c1. The van der Waals surface area contributed by atoms with Crippen LogP contribution in [0.5, 0.6) is 11.5 Å². The second kappa shape index (κ2) is 13.6. The fourth-order valence-electron chi connectivity index (χ4n) is 3.28. The second-order valence-corrected chi connectivity index (χ2v) is 7.65. The quantitative estimate of drug-likeness (QED) is 0.149. The minimum Gasteiger partial charge on any atom is -0.493 e. The van der Waals surface area contributed by atoms with Crippen LogP contribution in [0.2, 0.25) is 0 Å². The van der Waals surface area contributed by atoms with Gasteiger partial charge in [-0.15, -0.1) is 0 Å². The van der Waals surface area contributed by atoms with Gasteiger partial charge in [-0.1, -0.05) is 41.6 Å². The smallest absolute Gasteiger partial charge is 0.437 e. The van der Waals surface area contributed by atoms with Crippen LogP contribution in [0.1, 0.15) is 35.6 Å². The van der Waals surface area contributed by atoms with Crippen LogP contribution >= 0.6 is 0 Å². The van der Waals surface area contributed by atoms with Crippen molar-refractivity contribution in [2.24, 2.45) is 5.16 Å². The van der Waals surface area contributed by atoms with E-state index in [2.05, 4.69) is 9.99 Å². The van der Waals surface area contributed by atoms with Crippen LogP contribution in [-0.2, 0) is 16.0 Å². The van der Waals surface area contributed by atoms with Gasteiger partial charge < -0.3 is 19.0 Å². The summed E-state index contributed by atoms with van der Waals surface area (Å²) >= 11 is 0. The Morgan fingerprint density at radius 2 is 1.65 bits per heavy atom. The molecule has 0 saturated heterocycles. The van der Waals surface area contributed by atoms with Crippen LogP contribution in [0.3, 0.4) is 0 Å². The third kappa shape index (κ3) is 8.74. The van der Waals surface area contributed by atoms with Crippen molar-refractivity contribution in [3.63, 3.8) is 0 Å². The molecule has 0 amide bonds. The molecule has 34 heavy (non-hydrogen) atoms. The molecule has 0 bridgehead atoms. The summed E-state index contributed by atoms with van der Waals surface area (Å²) < 4.78 is 56.3. The summed E-state index contributed by atoms with van der Waals surface area (Å²) in [5.41, 5.74) is 1.81. The minimum atomic E-state index is -4.58. The van der Waals surface area contributed by atoms with E-state index in [0.29, 0.717) is 32.8 Å². The van der Waals surface area contributed by atoms with Gasteiger partial charge in [0.1, 0.15) is 25.2 Å². The zero-order valence-corrected chi connectivity index (χ0v) is 20.1. The number of halogens is 3. The summed E-state index contributed by atoms with van der Waals surface area (Å²) in [5, 5.41) is 3.10. The van der Waals surface area contributed by atoms with Gasteiger partial charge in [0.05, 0.1) is 13.2 Å². The van der Waals surface area contributed by atoms with E-state index in [0.717, 1.165) is 41.7 Å². The first-order chi connectivity index (χ1) is 16.3. The second-order valence-electron chi connectivity index (χ2n) is 7.65. The number of oxime groups is 1. The number of hydrogen-bond donors (Lipinski definition) is 0. The predicted octanol–water partition coefficient (Wildman–Crippen LogP) is 6.20. The monoisotopic (exact) mass is 479 g/mol. The number of ether oxygens (including phenoxy) is 3. The van der Waals surface area contributed by atoms with E-state index in [1.54, 1.807) is 12.1 Å². The van der Waals surface area contributed by atoms with Gasteiger partial charge in [0.2, 0.25) is 0 Å². The molecular weight excluding hydrogens is 447 g/mol. The lowest BCUT2D eigenvalue weighted by Crippen LogP contribution is -2.24. The average molecular weight is 480 g/mol. The summed E-state index contributed by atoms with van der Waals surface area (Å²) in [6.45, 7) is 7.99. The van der Waals surface area contributed by atoms with Gasteiger partial charge in [0, 0.05) is 18.6 Å².